The third-order valence-electron chi connectivity index (χ3n) is 4.05. The molecule has 3 rings (SSSR count). The van der Waals surface area contributed by atoms with Gasteiger partial charge in [0.25, 0.3) is 0 Å². The zero-order chi connectivity index (χ0) is 19.9. The summed E-state index contributed by atoms with van der Waals surface area (Å²) in [5.74, 6) is 0.727. The standard InChI is InChI=1S/C21H23ClFN5/c1-28(2)12-6-11-24-21-26-19(15-7-4-3-5-8-15)14-20(27-21)25-18-10-9-16(23)13-17(18)22/h3-5,7-10,13-14H,6,11-12H2,1-2H3,(H2,24,25,26,27). The van der Waals surface area contributed by atoms with Crippen LogP contribution in [0.3, 0.4) is 0 Å². The molecule has 0 amide bonds. The molecule has 2 N–H and O–H groups in total. The maximum Gasteiger partial charge on any atom is 0.225 e. The van der Waals surface area contributed by atoms with Crippen LogP contribution in [-0.4, -0.2) is 42.1 Å². The lowest BCUT2D eigenvalue weighted by atomic mass is 10.1. The third-order valence-corrected chi connectivity index (χ3v) is 4.37. The predicted octanol–water partition coefficient (Wildman–Crippen LogP) is 5.04. The summed E-state index contributed by atoms with van der Waals surface area (Å²) in [5.41, 5.74) is 2.35. The van der Waals surface area contributed by atoms with E-state index in [1.54, 1.807) is 6.07 Å². The minimum Gasteiger partial charge on any atom is -0.354 e. The average Bonchev–Trinajstić information content (AvgIpc) is 2.68. The summed E-state index contributed by atoms with van der Waals surface area (Å²) < 4.78 is 13.3. The molecule has 0 atom stereocenters. The van der Waals surface area contributed by atoms with Crippen LogP contribution in [0.15, 0.2) is 54.6 Å². The molecule has 0 bridgehead atoms. The molecule has 0 aliphatic rings. The lowest BCUT2D eigenvalue weighted by molar-refractivity contribution is 0.405. The highest BCUT2D eigenvalue weighted by Gasteiger charge is 2.09. The van der Waals surface area contributed by atoms with E-state index in [1.807, 2.05) is 50.5 Å². The molecule has 0 unspecified atom stereocenters. The van der Waals surface area contributed by atoms with Crippen LogP contribution < -0.4 is 10.6 Å². The Balaban J connectivity index is 1.86. The fourth-order valence-electron chi connectivity index (χ4n) is 2.67. The number of hydrogen-bond donors (Lipinski definition) is 2. The Labute approximate surface area is 169 Å². The van der Waals surface area contributed by atoms with Crippen molar-refractivity contribution in [3.63, 3.8) is 0 Å². The molecule has 146 valence electrons. The molecule has 2 aromatic carbocycles. The van der Waals surface area contributed by atoms with Gasteiger partial charge in [-0.2, -0.15) is 4.98 Å². The van der Waals surface area contributed by atoms with Crippen molar-refractivity contribution in [1.29, 1.82) is 0 Å². The molecular weight excluding hydrogens is 377 g/mol. The monoisotopic (exact) mass is 399 g/mol. The van der Waals surface area contributed by atoms with Gasteiger partial charge in [0.05, 0.1) is 16.4 Å². The second-order valence-electron chi connectivity index (χ2n) is 6.66. The Hall–Kier alpha value is -2.70. The van der Waals surface area contributed by atoms with Crippen LogP contribution in [0.5, 0.6) is 0 Å². The zero-order valence-corrected chi connectivity index (χ0v) is 16.7. The van der Waals surface area contributed by atoms with E-state index in [-0.39, 0.29) is 5.82 Å². The van der Waals surface area contributed by atoms with Gasteiger partial charge in [0.2, 0.25) is 5.95 Å². The van der Waals surface area contributed by atoms with Crippen LogP contribution >= 0.6 is 11.6 Å². The molecule has 0 spiro atoms. The lowest BCUT2D eigenvalue weighted by Crippen LogP contribution is -2.17. The Morgan fingerprint density at radius 1 is 1.04 bits per heavy atom. The van der Waals surface area contributed by atoms with Gasteiger partial charge in [0.15, 0.2) is 0 Å². The first-order valence-corrected chi connectivity index (χ1v) is 9.44. The molecule has 1 aromatic heterocycles. The van der Waals surface area contributed by atoms with Crippen LogP contribution in [0.25, 0.3) is 11.3 Å². The highest BCUT2D eigenvalue weighted by Crippen LogP contribution is 2.28. The summed E-state index contributed by atoms with van der Waals surface area (Å²) in [6.45, 7) is 1.73. The van der Waals surface area contributed by atoms with Crippen molar-refractivity contribution < 1.29 is 4.39 Å². The summed E-state index contributed by atoms with van der Waals surface area (Å²) in [7, 11) is 4.09. The van der Waals surface area contributed by atoms with E-state index in [0.717, 1.165) is 30.8 Å². The average molecular weight is 400 g/mol. The van der Waals surface area contributed by atoms with Crippen molar-refractivity contribution in [1.82, 2.24) is 14.9 Å². The topological polar surface area (TPSA) is 53.1 Å². The first kappa shape index (κ1) is 20.0. The van der Waals surface area contributed by atoms with Gasteiger partial charge in [-0.3, -0.25) is 0 Å². The van der Waals surface area contributed by atoms with E-state index >= 15 is 0 Å². The first-order valence-electron chi connectivity index (χ1n) is 9.06. The number of rotatable bonds is 8. The van der Waals surface area contributed by atoms with Gasteiger partial charge in [0.1, 0.15) is 11.6 Å². The number of nitrogens with one attached hydrogen (secondary N) is 2. The molecule has 0 aliphatic heterocycles. The van der Waals surface area contributed by atoms with Crippen molar-refractivity contribution >= 4 is 29.1 Å². The highest BCUT2D eigenvalue weighted by molar-refractivity contribution is 6.33. The van der Waals surface area contributed by atoms with E-state index in [1.165, 1.54) is 12.1 Å². The van der Waals surface area contributed by atoms with Gasteiger partial charge in [0, 0.05) is 18.2 Å². The Morgan fingerprint density at radius 2 is 1.82 bits per heavy atom. The molecule has 0 saturated heterocycles. The quantitative estimate of drug-likeness (QED) is 0.519. The molecule has 1 heterocycles. The minimum atomic E-state index is -0.383. The molecule has 28 heavy (non-hydrogen) atoms. The van der Waals surface area contributed by atoms with Gasteiger partial charge >= 0.3 is 0 Å². The maximum atomic E-state index is 13.3. The molecule has 3 aromatic rings. The summed E-state index contributed by atoms with van der Waals surface area (Å²) in [6, 6.07) is 15.9. The van der Waals surface area contributed by atoms with Crippen LogP contribution in [0.2, 0.25) is 5.02 Å². The SMILES string of the molecule is CN(C)CCCNc1nc(Nc2ccc(F)cc2Cl)cc(-c2ccccc2)n1. The first-order chi connectivity index (χ1) is 13.5. The van der Waals surface area contributed by atoms with Crippen molar-refractivity contribution in [2.24, 2.45) is 0 Å². The van der Waals surface area contributed by atoms with E-state index in [9.17, 15) is 4.39 Å². The van der Waals surface area contributed by atoms with Gasteiger partial charge in [-0.1, -0.05) is 41.9 Å². The summed E-state index contributed by atoms with van der Waals surface area (Å²) in [5, 5.41) is 6.73. The van der Waals surface area contributed by atoms with Crippen molar-refractivity contribution in [3.05, 3.63) is 65.4 Å². The number of hydrogen-bond acceptors (Lipinski definition) is 5. The molecule has 0 saturated carbocycles. The number of halogens is 2. The largest absolute Gasteiger partial charge is 0.354 e. The van der Waals surface area contributed by atoms with Gasteiger partial charge in [-0.15, -0.1) is 0 Å². The lowest BCUT2D eigenvalue weighted by Gasteiger charge is -2.13. The molecule has 5 nitrogen and oxygen atoms in total. The Bertz CT molecular complexity index is 918. The molecular formula is C21H23ClFN5. The number of nitrogens with zero attached hydrogens (tertiary/aromatic N) is 3. The maximum absolute atomic E-state index is 13.3. The Kier molecular flexibility index (Phi) is 6.79. The number of anilines is 3. The number of benzene rings is 2. The van der Waals surface area contributed by atoms with E-state index in [4.69, 9.17) is 11.6 Å². The van der Waals surface area contributed by atoms with E-state index < -0.39 is 0 Å². The fourth-order valence-corrected chi connectivity index (χ4v) is 2.89. The van der Waals surface area contributed by atoms with Crippen LogP contribution in [-0.2, 0) is 0 Å². The normalized spacial score (nSPS) is 10.9. The summed E-state index contributed by atoms with van der Waals surface area (Å²) in [4.78, 5) is 11.3. The second kappa shape index (κ2) is 9.48. The second-order valence-corrected chi connectivity index (χ2v) is 7.07. The van der Waals surface area contributed by atoms with Crippen LogP contribution in [0.4, 0.5) is 21.8 Å². The summed E-state index contributed by atoms with van der Waals surface area (Å²) in [6.07, 6.45) is 0.971. The predicted molar refractivity (Wildman–Crippen MR) is 114 cm³/mol. The van der Waals surface area contributed by atoms with Crippen molar-refractivity contribution in [3.8, 4) is 11.3 Å². The van der Waals surface area contributed by atoms with Gasteiger partial charge in [-0.05, 0) is 45.3 Å². The van der Waals surface area contributed by atoms with Crippen LogP contribution in [0.1, 0.15) is 6.42 Å². The molecule has 0 aliphatic carbocycles. The fraction of sp³-hybridized carbons (Fsp3) is 0.238. The van der Waals surface area contributed by atoms with E-state index in [0.29, 0.717) is 22.5 Å². The number of aromatic nitrogens is 2. The molecule has 0 radical (unpaired) electrons. The van der Waals surface area contributed by atoms with E-state index in [2.05, 4.69) is 25.5 Å². The van der Waals surface area contributed by atoms with Crippen molar-refractivity contribution in [2.45, 2.75) is 6.42 Å². The van der Waals surface area contributed by atoms with Gasteiger partial charge < -0.3 is 15.5 Å². The van der Waals surface area contributed by atoms with Crippen molar-refractivity contribution in [2.75, 3.05) is 37.8 Å². The van der Waals surface area contributed by atoms with Crippen LogP contribution in [0, 0.1) is 5.82 Å². The summed E-state index contributed by atoms with van der Waals surface area (Å²) >= 11 is 6.14. The van der Waals surface area contributed by atoms with Gasteiger partial charge in [-0.25, -0.2) is 9.37 Å². The minimum absolute atomic E-state index is 0.292. The highest BCUT2D eigenvalue weighted by atomic mass is 35.5. The third kappa shape index (κ3) is 5.65. The zero-order valence-electron chi connectivity index (χ0n) is 15.9. The molecule has 7 heteroatoms. The smallest absolute Gasteiger partial charge is 0.225 e. The Morgan fingerprint density at radius 3 is 2.54 bits per heavy atom. The molecule has 0 fully saturated rings.